The number of carbonyl (C=O) groups is 1. The van der Waals surface area contributed by atoms with E-state index in [1.165, 1.54) is 6.92 Å². The van der Waals surface area contributed by atoms with Gasteiger partial charge in [0.1, 0.15) is 24.2 Å². The first-order valence-corrected chi connectivity index (χ1v) is 13.5. The van der Waals surface area contributed by atoms with Gasteiger partial charge in [0, 0.05) is 31.9 Å². The monoisotopic (exact) mass is 532 g/mol. The van der Waals surface area contributed by atoms with Crippen molar-refractivity contribution in [2.24, 2.45) is 0 Å². The molecular formula is C29H36N6O4. The molecule has 4 aromatic rings. The normalized spacial score (nSPS) is 16.3. The number of aromatic nitrogens is 4. The number of nitrogens with zero attached hydrogens (tertiary/aromatic N) is 5. The molecule has 1 aliphatic heterocycles. The minimum absolute atomic E-state index is 0.0190. The fourth-order valence-corrected chi connectivity index (χ4v) is 5.15. The van der Waals surface area contributed by atoms with Gasteiger partial charge in [-0.2, -0.15) is 0 Å². The molecule has 10 heteroatoms. The average Bonchev–Trinajstić information content (AvgIpc) is 3.60. The lowest BCUT2D eigenvalue weighted by Crippen LogP contribution is -2.38. The van der Waals surface area contributed by atoms with Crippen LogP contribution < -0.4 is 9.64 Å². The SMILES string of the molecule is CC(=O)N(Cc1ccc(OC[C@H]2CCCN2c2ncnc3[nH]cnc23)c2ccccc12)CC(O)COC(C)C. The number of rotatable bonds is 11. The van der Waals surface area contributed by atoms with E-state index in [0.717, 1.165) is 58.5 Å². The molecule has 1 saturated heterocycles. The summed E-state index contributed by atoms with van der Waals surface area (Å²) in [6.07, 6.45) is 4.54. The lowest BCUT2D eigenvalue weighted by Gasteiger charge is -2.27. The van der Waals surface area contributed by atoms with Crippen LogP contribution in [-0.4, -0.2) is 80.4 Å². The molecule has 1 unspecified atom stereocenters. The number of fused-ring (bicyclic) bond motifs is 2. The van der Waals surface area contributed by atoms with Crippen molar-refractivity contribution in [3.8, 4) is 5.75 Å². The van der Waals surface area contributed by atoms with Gasteiger partial charge in [0.2, 0.25) is 5.91 Å². The van der Waals surface area contributed by atoms with E-state index in [2.05, 4.69) is 24.8 Å². The van der Waals surface area contributed by atoms with Crippen molar-refractivity contribution >= 4 is 33.7 Å². The van der Waals surface area contributed by atoms with Crippen molar-refractivity contribution in [3.63, 3.8) is 0 Å². The van der Waals surface area contributed by atoms with Gasteiger partial charge in [0.15, 0.2) is 11.5 Å². The number of anilines is 1. The highest BCUT2D eigenvalue weighted by Crippen LogP contribution is 2.32. The van der Waals surface area contributed by atoms with Crippen LogP contribution in [0, 0.1) is 0 Å². The van der Waals surface area contributed by atoms with Crippen LogP contribution in [0.1, 0.15) is 39.2 Å². The molecule has 1 fully saturated rings. The van der Waals surface area contributed by atoms with E-state index in [4.69, 9.17) is 9.47 Å². The average molecular weight is 533 g/mol. The summed E-state index contributed by atoms with van der Waals surface area (Å²) in [6.45, 7) is 7.55. The standard InChI is InChI=1S/C29H36N6O4/c1-19(2)38-16-23(37)14-34(20(3)36)13-21-10-11-26(25-9-5-4-8-24(21)25)39-15-22-7-6-12-35(22)29-27-28(31-17-30-27)32-18-33-29/h4-5,8-11,17-19,22-23,37H,6-7,12-16H2,1-3H3,(H,30,31,32,33)/t22-,23?/m1/s1. The number of amides is 1. The van der Waals surface area contributed by atoms with Gasteiger partial charge in [0.05, 0.1) is 31.2 Å². The number of imidazole rings is 1. The van der Waals surface area contributed by atoms with Crippen LogP contribution >= 0.6 is 0 Å². The molecule has 0 aliphatic carbocycles. The van der Waals surface area contributed by atoms with E-state index in [1.807, 2.05) is 50.2 Å². The second kappa shape index (κ2) is 12.0. The smallest absolute Gasteiger partial charge is 0.219 e. The maximum Gasteiger partial charge on any atom is 0.219 e. The first-order valence-electron chi connectivity index (χ1n) is 13.5. The van der Waals surface area contributed by atoms with Gasteiger partial charge in [-0.05, 0) is 43.7 Å². The Bertz CT molecular complexity index is 1420. The Morgan fingerprint density at radius 1 is 1.18 bits per heavy atom. The number of aromatic amines is 1. The van der Waals surface area contributed by atoms with E-state index >= 15 is 0 Å². The Hall–Kier alpha value is -3.76. The van der Waals surface area contributed by atoms with Crippen LogP contribution in [0.15, 0.2) is 49.1 Å². The Kier molecular flexibility index (Phi) is 8.23. The van der Waals surface area contributed by atoms with Gasteiger partial charge in [-0.3, -0.25) is 4.79 Å². The van der Waals surface area contributed by atoms with Crippen molar-refractivity contribution in [2.75, 3.05) is 31.2 Å². The zero-order chi connectivity index (χ0) is 27.4. The molecule has 1 aliphatic rings. The van der Waals surface area contributed by atoms with Gasteiger partial charge in [-0.25, -0.2) is 15.0 Å². The van der Waals surface area contributed by atoms with Gasteiger partial charge in [0.25, 0.3) is 0 Å². The maximum absolute atomic E-state index is 12.4. The zero-order valence-corrected chi connectivity index (χ0v) is 22.7. The number of nitrogens with one attached hydrogen (secondary N) is 1. The second-order valence-corrected chi connectivity index (χ2v) is 10.3. The molecule has 39 heavy (non-hydrogen) atoms. The number of ether oxygens (including phenoxy) is 2. The number of benzene rings is 2. The molecule has 2 aromatic heterocycles. The molecule has 3 heterocycles. The van der Waals surface area contributed by atoms with Crippen LogP contribution in [0.2, 0.25) is 0 Å². The van der Waals surface area contributed by atoms with Crippen molar-refractivity contribution in [1.82, 2.24) is 24.8 Å². The van der Waals surface area contributed by atoms with Crippen molar-refractivity contribution < 1.29 is 19.4 Å². The zero-order valence-electron chi connectivity index (χ0n) is 22.7. The predicted molar refractivity (Wildman–Crippen MR) is 150 cm³/mol. The van der Waals surface area contributed by atoms with Crippen LogP contribution in [0.5, 0.6) is 5.75 Å². The number of hydrogen-bond donors (Lipinski definition) is 2. The number of H-pyrrole nitrogens is 1. The van der Waals surface area contributed by atoms with Crippen molar-refractivity contribution in [2.45, 2.75) is 58.4 Å². The summed E-state index contributed by atoms with van der Waals surface area (Å²) in [5.41, 5.74) is 2.50. The topological polar surface area (TPSA) is 117 Å². The number of hydrogen-bond acceptors (Lipinski definition) is 8. The quantitative estimate of drug-likeness (QED) is 0.300. The molecule has 10 nitrogen and oxygen atoms in total. The molecule has 206 valence electrons. The highest BCUT2D eigenvalue weighted by Gasteiger charge is 2.29. The van der Waals surface area contributed by atoms with E-state index < -0.39 is 6.10 Å². The van der Waals surface area contributed by atoms with Gasteiger partial charge in [-0.1, -0.05) is 30.3 Å². The Labute approximate surface area is 228 Å². The molecule has 2 atom stereocenters. The number of aliphatic hydroxyl groups is 1. The summed E-state index contributed by atoms with van der Waals surface area (Å²) < 4.78 is 11.9. The van der Waals surface area contributed by atoms with E-state index in [0.29, 0.717) is 13.2 Å². The van der Waals surface area contributed by atoms with Gasteiger partial charge in [-0.15, -0.1) is 0 Å². The summed E-state index contributed by atoms with van der Waals surface area (Å²) in [6, 6.07) is 12.2. The van der Waals surface area contributed by atoms with Crippen molar-refractivity contribution in [3.05, 3.63) is 54.6 Å². The van der Waals surface area contributed by atoms with E-state index in [-0.39, 0.29) is 31.2 Å². The third-order valence-corrected chi connectivity index (χ3v) is 7.11. The summed E-state index contributed by atoms with van der Waals surface area (Å²) in [5.74, 6) is 1.53. The minimum atomic E-state index is -0.753. The molecule has 1 amide bonds. The van der Waals surface area contributed by atoms with Crippen LogP contribution in [-0.2, 0) is 16.1 Å². The van der Waals surface area contributed by atoms with Gasteiger partial charge < -0.3 is 29.4 Å². The van der Waals surface area contributed by atoms with E-state index in [1.54, 1.807) is 17.6 Å². The fourth-order valence-electron chi connectivity index (χ4n) is 5.15. The fraction of sp³-hybridized carbons (Fsp3) is 0.448. The third-order valence-electron chi connectivity index (χ3n) is 7.11. The molecular weight excluding hydrogens is 496 g/mol. The molecule has 2 N–H and O–H groups in total. The molecule has 5 rings (SSSR count). The minimum Gasteiger partial charge on any atom is -0.491 e. The third kappa shape index (κ3) is 6.12. The summed E-state index contributed by atoms with van der Waals surface area (Å²) >= 11 is 0. The molecule has 0 bridgehead atoms. The highest BCUT2D eigenvalue weighted by molar-refractivity contribution is 5.91. The summed E-state index contributed by atoms with van der Waals surface area (Å²) in [4.78, 5) is 32.6. The number of aliphatic hydroxyl groups excluding tert-OH is 1. The highest BCUT2D eigenvalue weighted by atomic mass is 16.5. The Balaban J connectivity index is 1.31. The van der Waals surface area contributed by atoms with Crippen molar-refractivity contribution in [1.29, 1.82) is 0 Å². The lowest BCUT2D eigenvalue weighted by molar-refractivity contribution is -0.131. The summed E-state index contributed by atoms with van der Waals surface area (Å²) in [7, 11) is 0. The van der Waals surface area contributed by atoms with Gasteiger partial charge >= 0.3 is 0 Å². The largest absolute Gasteiger partial charge is 0.491 e. The molecule has 0 saturated carbocycles. The predicted octanol–water partition coefficient (Wildman–Crippen LogP) is 3.69. The molecule has 2 aromatic carbocycles. The first-order chi connectivity index (χ1) is 18.9. The maximum atomic E-state index is 12.4. The summed E-state index contributed by atoms with van der Waals surface area (Å²) in [5, 5.41) is 12.4. The Morgan fingerprint density at radius 3 is 2.79 bits per heavy atom. The number of carbonyl (C=O) groups excluding carboxylic acids is 1. The first kappa shape index (κ1) is 26.8. The van der Waals surface area contributed by atoms with Crippen LogP contribution in [0.4, 0.5) is 5.82 Å². The molecule has 0 spiro atoms. The Morgan fingerprint density at radius 2 is 2.00 bits per heavy atom. The van der Waals surface area contributed by atoms with Crippen LogP contribution in [0.3, 0.4) is 0 Å². The lowest BCUT2D eigenvalue weighted by atomic mass is 10.0. The second-order valence-electron chi connectivity index (χ2n) is 10.3. The van der Waals surface area contributed by atoms with Crippen LogP contribution in [0.25, 0.3) is 21.9 Å². The molecule has 0 radical (unpaired) electrons. The van der Waals surface area contributed by atoms with E-state index in [9.17, 15) is 9.90 Å².